The van der Waals surface area contributed by atoms with Gasteiger partial charge in [0.05, 0.1) is 6.61 Å². The SMILES string of the molecule is CCOC(=O)NC(=O)COC(=O)c1cc(C)ccc1O. The van der Waals surface area contributed by atoms with Gasteiger partial charge in [0.25, 0.3) is 5.91 Å². The van der Waals surface area contributed by atoms with E-state index in [2.05, 4.69) is 9.47 Å². The number of imide groups is 1. The van der Waals surface area contributed by atoms with Crippen molar-refractivity contribution in [3.8, 4) is 5.75 Å². The first kappa shape index (κ1) is 15.5. The number of ether oxygens (including phenoxy) is 2. The molecule has 0 aromatic heterocycles. The zero-order chi connectivity index (χ0) is 15.1. The molecule has 2 N–H and O–H groups in total. The van der Waals surface area contributed by atoms with Crippen LogP contribution in [0.5, 0.6) is 5.75 Å². The number of alkyl carbamates (subject to hydrolysis) is 1. The highest BCUT2D eigenvalue weighted by atomic mass is 16.6. The van der Waals surface area contributed by atoms with Crippen LogP contribution in [-0.2, 0) is 14.3 Å². The lowest BCUT2D eigenvalue weighted by Gasteiger charge is -2.07. The summed E-state index contributed by atoms with van der Waals surface area (Å²) in [6, 6.07) is 4.41. The lowest BCUT2D eigenvalue weighted by Crippen LogP contribution is -2.34. The van der Waals surface area contributed by atoms with Crippen molar-refractivity contribution in [2.45, 2.75) is 13.8 Å². The monoisotopic (exact) mass is 281 g/mol. The molecule has 0 fully saturated rings. The van der Waals surface area contributed by atoms with Gasteiger partial charge < -0.3 is 14.6 Å². The van der Waals surface area contributed by atoms with Crippen molar-refractivity contribution in [2.24, 2.45) is 0 Å². The molecule has 108 valence electrons. The van der Waals surface area contributed by atoms with Gasteiger partial charge in [-0.25, -0.2) is 9.59 Å². The summed E-state index contributed by atoms with van der Waals surface area (Å²) in [6.45, 7) is 2.80. The van der Waals surface area contributed by atoms with Gasteiger partial charge >= 0.3 is 12.1 Å². The molecule has 2 amide bonds. The van der Waals surface area contributed by atoms with Gasteiger partial charge in [-0.1, -0.05) is 11.6 Å². The Hall–Kier alpha value is -2.57. The van der Waals surface area contributed by atoms with E-state index >= 15 is 0 Å². The lowest BCUT2D eigenvalue weighted by atomic mass is 10.1. The average molecular weight is 281 g/mol. The molecule has 0 saturated heterocycles. The summed E-state index contributed by atoms with van der Waals surface area (Å²) >= 11 is 0. The maximum absolute atomic E-state index is 11.7. The molecule has 0 bridgehead atoms. The number of phenols is 1. The summed E-state index contributed by atoms with van der Waals surface area (Å²) in [7, 11) is 0. The minimum atomic E-state index is -0.910. The number of hydrogen-bond acceptors (Lipinski definition) is 6. The summed E-state index contributed by atoms with van der Waals surface area (Å²) in [5.41, 5.74) is 0.708. The van der Waals surface area contributed by atoms with Crippen LogP contribution in [0.2, 0.25) is 0 Å². The first-order valence-corrected chi connectivity index (χ1v) is 5.87. The molecular weight excluding hydrogens is 266 g/mol. The fourth-order valence-electron chi connectivity index (χ4n) is 1.34. The third-order valence-corrected chi connectivity index (χ3v) is 2.22. The second-order valence-electron chi connectivity index (χ2n) is 3.87. The number of aryl methyl sites for hydroxylation is 1. The topological polar surface area (TPSA) is 102 Å². The number of amides is 2. The van der Waals surface area contributed by atoms with Crippen LogP contribution in [0.4, 0.5) is 4.79 Å². The highest BCUT2D eigenvalue weighted by molar-refractivity contribution is 5.96. The molecule has 20 heavy (non-hydrogen) atoms. The van der Waals surface area contributed by atoms with E-state index in [1.54, 1.807) is 19.9 Å². The normalized spacial score (nSPS) is 9.70. The third kappa shape index (κ3) is 4.60. The molecule has 0 aliphatic carbocycles. The Balaban J connectivity index is 2.53. The van der Waals surface area contributed by atoms with Gasteiger partial charge in [-0.05, 0) is 26.0 Å². The number of nitrogens with one attached hydrogen (secondary N) is 1. The minimum absolute atomic E-state index is 0.0473. The Morgan fingerprint density at radius 3 is 2.60 bits per heavy atom. The molecule has 7 heteroatoms. The van der Waals surface area contributed by atoms with Crippen LogP contribution in [0.3, 0.4) is 0 Å². The molecule has 0 aliphatic heterocycles. The molecule has 1 aromatic carbocycles. The van der Waals surface area contributed by atoms with Crippen molar-refractivity contribution in [3.63, 3.8) is 0 Å². The summed E-state index contributed by atoms with van der Waals surface area (Å²) < 4.78 is 9.17. The predicted octanol–water partition coefficient (Wildman–Crippen LogP) is 1.13. The first-order chi connectivity index (χ1) is 9.43. The highest BCUT2D eigenvalue weighted by Gasteiger charge is 2.15. The van der Waals surface area contributed by atoms with E-state index in [4.69, 9.17) is 0 Å². The zero-order valence-corrected chi connectivity index (χ0v) is 11.1. The quantitative estimate of drug-likeness (QED) is 0.802. The summed E-state index contributed by atoms with van der Waals surface area (Å²) in [6.07, 6.45) is -0.910. The number of aromatic hydroxyl groups is 1. The number of carbonyl (C=O) groups is 3. The maximum Gasteiger partial charge on any atom is 0.413 e. The number of phenolic OH excluding ortho intramolecular Hbond substituents is 1. The summed E-state index contributed by atoms with van der Waals surface area (Å²) in [4.78, 5) is 33.9. The van der Waals surface area contributed by atoms with Crippen LogP contribution in [0, 0.1) is 6.92 Å². The van der Waals surface area contributed by atoms with Crippen molar-refractivity contribution < 1.29 is 29.0 Å². The van der Waals surface area contributed by atoms with Gasteiger partial charge in [0.2, 0.25) is 0 Å². The molecule has 1 rings (SSSR count). The number of carbonyl (C=O) groups excluding carboxylic acids is 3. The molecule has 0 unspecified atom stereocenters. The Kier molecular flexibility index (Phi) is 5.52. The molecule has 0 radical (unpaired) electrons. The largest absolute Gasteiger partial charge is 0.507 e. The predicted molar refractivity (Wildman–Crippen MR) is 68.3 cm³/mol. The van der Waals surface area contributed by atoms with Crippen molar-refractivity contribution in [1.82, 2.24) is 5.32 Å². The Morgan fingerprint density at radius 2 is 1.95 bits per heavy atom. The smallest absolute Gasteiger partial charge is 0.413 e. The van der Waals surface area contributed by atoms with Crippen LogP contribution in [0.25, 0.3) is 0 Å². The van der Waals surface area contributed by atoms with Gasteiger partial charge in [0.1, 0.15) is 11.3 Å². The number of esters is 1. The number of benzene rings is 1. The molecule has 7 nitrogen and oxygen atoms in total. The van der Waals surface area contributed by atoms with Gasteiger partial charge in [-0.3, -0.25) is 10.1 Å². The first-order valence-electron chi connectivity index (χ1n) is 5.87. The van der Waals surface area contributed by atoms with E-state index in [0.717, 1.165) is 5.56 Å². The molecular formula is C13H15NO6. The Morgan fingerprint density at radius 1 is 1.25 bits per heavy atom. The van der Waals surface area contributed by atoms with E-state index in [-0.39, 0.29) is 17.9 Å². The second kappa shape index (κ2) is 7.13. The van der Waals surface area contributed by atoms with Crippen molar-refractivity contribution in [1.29, 1.82) is 0 Å². The van der Waals surface area contributed by atoms with Crippen LogP contribution in [0.15, 0.2) is 18.2 Å². The fraction of sp³-hybridized carbons (Fsp3) is 0.308. The van der Waals surface area contributed by atoms with Gasteiger partial charge in [-0.2, -0.15) is 0 Å². The summed E-state index contributed by atoms with van der Waals surface area (Å²) in [5.74, 6) is -1.92. The van der Waals surface area contributed by atoms with E-state index in [1.165, 1.54) is 12.1 Å². The van der Waals surface area contributed by atoms with Crippen LogP contribution in [-0.4, -0.2) is 36.3 Å². The van der Waals surface area contributed by atoms with Crippen LogP contribution < -0.4 is 5.32 Å². The zero-order valence-electron chi connectivity index (χ0n) is 11.1. The number of hydrogen-bond donors (Lipinski definition) is 2. The van der Waals surface area contributed by atoms with Crippen molar-refractivity contribution >= 4 is 18.0 Å². The standard InChI is InChI=1S/C13H15NO6/c1-3-19-13(18)14-11(16)7-20-12(17)9-6-8(2)4-5-10(9)15/h4-6,15H,3,7H2,1-2H3,(H,14,16,18). The highest BCUT2D eigenvalue weighted by Crippen LogP contribution is 2.18. The second-order valence-corrected chi connectivity index (χ2v) is 3.87. The lowest BCUT2D eigenvalue weighted by molar-refractivity contribution is -0.123. The van der Waals surface area contributed by atoms with Gasteiger partial charge in [-0.15, -0.1) is 0 Å². The van der Waals surface area contributed by atoms with Crippen molar-refractivity contribution in [2.75, 3.05) is 13.2 Å². The average Bonchev–Trinajstić information content (AvgIpc) is 2.39. The van der Waals surface area contributed by atoms with E-state index in [1.807, 2.05) is 5.32 Å². The van der Waals surface area contributed by atoms with Gasteiger partial charge in [0, 0.05) is 0 Å². The minimum Gasteiger partial charge on any atom is -0.507 e. The third-order valence-electron chi connectivity index (χ3n) is 2.22. The molecule has 1 aromatic rings. The van der Waals surface area contributed by atoms with Crippen molar-refractivity contribution in [3.05, 3.63) is 29.3 Å². The number of rotatable bonds is 4. The van der Waals surface area contributed by atoms with E-state index in [9.17, 15) is 19.5 Å². The molecule has 0 atom stereocenters. The Labute approximate surface area is 115 Å². The Bertz CT molecular complexity index is 526. The van der Waals surface area contributed by atoms with E-state index < -0.39 is 24.6 Å². The molecule has 0 heterocycles. The maximum atomic E-state index is 11.7. The molecule has 0 spiro atoms. The van der Waals surface area contributed by atoms with Gasteiger partial charge in [0.15, 0.2) is 6.61 Å². The van der Waals surface area contributed by atoms with Crippen LogP contribution in [0.1, 0.15) is 22.8 Å². The molecule has 0 aliphatic rings. The fourth-order valence-corrected chi connectivity index (χ4v) is 1.34. The van der Waals surface area contributed by atoms with Crippen LogP contribution >= 0.6 is 0 Å². The summed E-state index contributed by atoms with van der Waals surface area (Å²) in [5, 5.41) is 11.4. The van der Waals surface area contributed by atoms with E-state index in [0.29, 0.717) is 0 Å². The molecule has 0 saturated carbocycles.